The average Bonchev–Trinajstić information content (AvgIpc) is 2.50. The summed E-state index contributed by atoms with van der Waals surface area (Å²) in [6, 6.07) is 28.0. The molecule has 99 valence electrons. The standard InChI is InChI=1S/C13H12O.C6H5/c1-10-5-7-11(8-6-10)12-3-2-4-13(14)9-12;1-2-4-6-5-3-1/h2-9,14H,1H3;1-5H. The molecule has 0 atom stereocenters. The number of hydrogen-bond donors (Lipinski definition) is 1. The summed E-state index contributed by atoms with van der Waals surface area (Å²) in [6.07, 6.45) is 0. The van der Waals surface area contributed by atoms with E-state index in [0.717, 1.165) is 11.1 Å². The topological polar surface area (TPSA) is 20.2 Å². The molecule has 0 aliphatic carbocycles. The zero-order valence-corrected chi connectivity index (χ0v) is 11.5. The molecule has 0 heterocycles. The van der Waals surface area contributed by atoms with Gasteiger partial charge in [0.25, 0.3) is 0 Å². The second kappa shape index (κ2) is 7.15. The maximum Gasteiger partial charge on any atom is 0.116 e. The monoisotopic (exact) mass is 261 g/mol. The number of phenolic OH excluding ortho intramolecular Hbond substituents is 1. The number of benzene rings is 3. The lowest BCUT2D eigenvalue weighted by Crippen LogP contribution is -1.77. The predicted octanol–water partition coefficient (Wildman–Crippen LogP) is 4.85. The highest BCUT2D eigenvalue weighted by Gasteiger charge is 1.97. The van der Waals surface area contributed by atoms with Gasteiger partial charge >= 0.3 is 0 Å². The summed E-state index contributed by atoms with van der Waals surface area (Å²) in [5.41, 5.74) is 3.42. The Morgan fingerprint density at radius 2 is 1.45 bits per heavy atom. The van der Waals surface area contributed by atoms with E-state index < -0.39 is 0 Å². The molecule has 3 rings (SSSR count). The van der Waals surface area contributed by atoms with Crippen LogP contribution in [0.4, 0.5) is 0 Å². The van der Waals surface area contributed by atoms with E-state index >= 15 is 0 Å². The van der Waals surface area contributed by atoms with E-state index in [2.05, 4.69) is 37.3 Å². The molecular weight excluding hydrogens is 244 g/mol. The average molecular weight is 261 g/mol. The van der Waals surface area contributed by atoms with Gasteiger partial charge in [-0.3, -0.25) is 0 Å². The highest BCUT2D eigenvalue weighted by molar-refractivity contribution is 5.65. The molecule has 0 aliphatic rings. The fourth-order valence-electron chi connectivity index (χ4n) is 1.77. The van der Waals surface area contributed by atoms with Gasteiger partial charge in [0.1, 0.15) is 5.75 Å². The molecule has 0 aliphatic heterocycles. The van der Waals surface area contributed by atoms with Gasteiger partial charge in [-0.2, -0.15) is 0 Å². The van der Waals surface area contributed by atoms with E-state index in [4.69, 9.17) is 0 Å². The number of aryl methyl sites for hydroxylation is 1. The van der Waals surface area contributed by atoms with Crippen LogP contribution in [-0.2, 0) is 0 Å². The highest BCUT2D eigenvalue weighted by Crippen LogP contribution is 2.23. The fraction of sp³-hybridized carbons (Fsp3) is 0.0526. The molecule has 0 spiro atoms. The van der Waals surface area contributed by atoms with Crippen molar-refractivity contribution in [3.8, 4) is 16.9 Å². The summed E-state index contributed by atoms with van der Waals surface area (Å²) in [7, 11) is 0. The van der Waals surface area contributed by atoms with Gasteiger partial charge in [0, 0.05) is 0 Å². The van der Waals surface area contributed by atoms with Crippen LogP contribution in [0.25, 0.3) is 11.1 Å². The molecule has 0 amide bonds. The second-order valence-electron chi connectivity index (χ2n) is 4.49. The molecule has 3 aromatic carbocycles. The number of hydrogen-bond acceptors (Lipinski definition) is 1. The first kappa shape index (κ1) is 13.9. The second-order valence-corrected chi connectivity index (χ2v) is 4.49. The maximum atomic E-state index is 9.33. The minimum absolute atomic E-state index is 0.308. The van der Waals surface area contributed by atoms with Crippen LogP contribution in [0, 0.1) is 13.0 Å². The third kappa shape index (κ3) is 4.29. The summed E-state index contributed by atoms with van der Waals surface area (Å²) < 4.78 is 0. The molecule has 1 heteroatoms. The van der Waals surface area contributed by atoms with E-state index in [1.165, 1.54) is 5.56 Å². The smallest absolute Gasteiger partial charge is 0.116 e. The van der Waals surface area contributed by atoms with E-state index in [1.54, 1.807) is 12.1 Å². The molecule has 1 N–H and O–H groups in total. The van der Waals surface area contributed by atoms with Gasteiger partial charge in [0.15, 0.2) is 0 Å². The van der Waals surface area contributed by atoms with E-state index in [9.17, 15) is 5.11 Å². The van der Waals surface area contributed by atoms with E-state index in [-0.39, 0.29) is 0 Å². The first-order chi connectivity index (χ1) is 9.75. The van der Waals surface area contributed by atoms with E-state index in [0.29, 0.717) is 5.75 Å². The van der Waals surface area contributed by atoms with Gasteiger partial charge in [0.2, 0.25) is 0 Å². The van der Waals surface area contributed by atoms with Crippen LogP contribution >= 0.6 is 0 Å². The first-order valence-corrected chi connectivity index (χ1v) is 6.53. The Morgan fingerprint density at radius 3 is 1.95 bits per heavy atom. The molecule has 0 saturated carbocycles. The Morgan fingerprint density at radius 1 is 0.750 bits per heavy atom. The molecule has 1 radical (unpaired) electrons. The first-order valence-electron chi connectivity index (χ1n) is 6.53. The summed E-state index contributed by atoms with van der Waals surface area (Å²) >= 11 is 0. The van der Waals surface area contributed by atoms with Gasteiger partial charge in [-0.1, -0.05) is 72.3 Å². The van der Waals surface area contributed by atoms with Crippen molar-refractivity contribution in [3.63, 3.8) is 0 Å². The molecule has 0 bridgehead atoms. The normalized spacial score (nSPS) is 9.45. The predicted molar refractivity (Wildman–Crippen MR) is 83.6 cm³/mol. The van der Waals surface area contributed by atoms with Crippen molar-refractivity contribution in [1.82, 2.24) is 0 Å². The highest BCUT2D eigenvalue weighted by atomic mass is 16.3. The molecular formula is C19H17O. The summed E-state index contributed by atoms with van der Waals surface area (Å²) in [4.78, 5) is 0. The van der Waals surface area contributed by atoms with Crippen molar-refractivity contribution in [2.75, 3.05) is 0 Å². The lowest BCUT2D eigenvalue weighted by molar-refractivity contribution is 0.475. The molecule has 0 fully saturated rings. The Hall–Kier alpha value is -2.54. The van der Waals surface area contributed by atoms with Crippen LogP contribution in [0.5, 0.6) is 5.75 Å². The third-order valence-electron chi connectivity index (χ3n) is 2.84. The third-order valence-corrected chi connectivity index (χ3v) is 2.84. The van der Waals surface area contributed by atoms with Gasteiger partial charge in [-0.05, 0) is 36.2 Å². The molecule has 0 aromatic heterocycles. The Labute approximate surface area is 120 Å². The Balaban J connectivity index is 0.000000205. The Kier molecular flexibility index (Phi) is 4.96. The van der Waals surface area contributed by atoms with Crippen molar-refractivity contribution in [1.29, 1.82) is 0 Å². The van der Waals surface area contributed by atoms with Crippen LogP contribution in [0.1, 0.15) is 5.56 Å². The van der Waals surface area contributed by atoms with Crippen LogP contribution in [0.15, 0.2) is 78.9 Å². The fourth-order valence-corrected chi connectivity index (χ4v) is 1.77. The van der Waals surface area contributed by atoms with Crippen LogP contribution in [0.2, 0.25) is 0 Å². The number of phenols is 1. The lowest BCUT2D eigenvalue weighted by atomic mass is 10.0. The van der Waals surface area contributed by atoms with Gasteiger partial charge in [-0.25, -0.2) is 0 Å². The Bertz CT molecular complexity index is 601. The van der Waals surface area contributed by atoms with Gasteiger partial charge in [0.05, 0.1) is 0 Å². The largest absolute Gasteiger partial charge is 0.508 e. The number of rotatable bonds is 1. The van der Waals surface area contributed by atoms with Crippen LogP contribution in [0.3, 0.4) is 0 Å². The molecule has 20 heavy (non-hydrogen) atoms. The van der Waals surface area contributed by atoms with Crippen molar-refractivity contribution >= 4 is 0 Å². The quantitative estimate of drug-likeness (QED) is 0.663. The molecule has 0 saturated heterocycles. The molecule has 3 aromatic rings. The van der Waals surface area contributed by atoms with Crippen molar-refractivity contribution in [2.45, 2.75) is 6.92 Å². The molecule has 0 unspecified atom stereocenters. The van der Waals surface area contributed by atoms with E-state index in [1.807, 2.05) is 42.5 Å². The zero-order valence-electron chi connectivity index (χ0n) is 11.5. The number of aromatic hydroxyl groups is 1. The minimum Gasteiger partial charge on any atom is -0.508 e. The van der Waals surface area contributed by atoms with Crippen LogP contribution in [-0.4, -0.2) is 5.11 Å². The summed E-state index contributed by atoms with van der Waals surface area (Å²) in [5, 5.41) is 9.33. The summed E-state index contributed by atoms with van der Waals surface area (Å²) in [6.45, 7) is 2.06. The van der Waals surface area contributed by atoms with Crippen molar-refractivity contribution in [3.05, 3.63) is 90.5 Å². The van der Waals surface area contributed by atoms with Gasteiger partial charge in [-0.15, -0.1) is 0 Å². The lowest BCUT2D eigenvalue weighted by Gasteiger charge is -2.02. The van der Waals surface area contributed by atoms with Crippen LogP contribution < -0.4 is 0 Å². The SMILES string of the molecule is Cc1ccc(-c2cccc(O)c2)cc1.[c]1ccccc1. The molecule has 1 nitrogen and oxygen atoms in total. The van der Waals surface area contributed by atoms with Gasteiger partial charge < -0.3 is 5.11 Å². The summed E-state index contributed by atoms with van der Waals surface area (Å²) in [5.74, 6) is 0.308. The van der Waals surface area contributed by atoms with Crippen molar-refractivity contribution < 1.29 is 5.11 Å². The minimum atomic E-state index is 0.308. The maximum absolute atomic E-state index is 9.33. The zero-order chi connectivity index (χ0) is 14.2. The van der Waals surface area contributed by atoms with Crippen molar-refractivity contribution in [2.24, 2.45) is 0 Å².